The lowest BCUT2D eigenvalue weighted by Crippen LogP contribution is -2.06. The summed E-state index contributed by atoms with van der Waals surface area (Å²) in [5, 5.41) is 0. The molecule has 0 spiro atoms. The molecule has 0 unspecified atom stereocenters. The van der Waals surface area contributed by atoms with Crippen LogP contribution in [0.4, 0.5) is 4.39 Å². The van der Waals surface area contributed by atoms with Crippen LogP contribution in [0.25, 0.3) is 0 Å². The monoisotopic (exact) mass is 157 g/mol. The van der Waals surface area contributed by atoms with Crippen LogP contribution in [0.5, 0.6) is 0 Å². The van der Waals surface area contributed by atoms with E-state index in [1.165, 1.54) is 0 Å². The number of nitrogens with two attached hydrogens (primary N) is 1. The fourth-order valence-corrected chi connectivity index (χ4v) is 0.950. The predicted molar refractivity (Wildman–Crippen MR) is 40.7 cm³/mol. The maximum absolute atomic E-state index is 11.8. The highest BCUT2D eigenvalue weighted by Crippen LogP contribution is 1.99. The number of hydrogen-bond donors (Lipinski definition) is 1. The molecule has 0 saturated carbocycles. The van der Waals surface area contributed by atoms with Gasteiger partial charge < -0.3 is 10.3 Å². The van der Waals surface area contributed by atoms with Crippen LogP contribution in [0.15, 0.2) is 12.5 Å². The number of aromatic nitrogens is 2. The van der Waals surface area contributed by atoms with Crippen molar-refractivity contribution in [1.29, 1.82) is 0 Å². The minimum atomic E-state index is -0.289. The van der Waals surface area contributed by atoms with Gasteiger partial charge in [-0.25, -0.2) is 4.98 Å². The summed E-state index contributed by atoms with van der Waals surface area (Å²) >= 11 is 0. The molecular formula is C7H12FN3. The molecule has 1 aromatic rings. The first-order valence-corrected chi connectivity index (χ1v) is 3.63. The summed E-state index contributed by atoms with van der Waals surface area (Å²) in [4.78, 5) is 3.91. The smallest absolute Gasteiger partial charge is 0.0948 e. The van der Waals surface area contributed by atoms with Gasteiger partial charge in [-0.2, -0.15) is 0 Å². The number of aryl methyl sites for hydroxylation is 1. The molecule has 0 amide bonds. The van der Waals surface area contributed by atoms with Crippen LogP contribution in [0.2, 0.25) is 0 Å². The van der Waals surface area contributed by atoms with Gasteiger partial charge in [0.25, 0.3) is 0 Å². The highest BCUT2D eigenvalue weighted by atomic mass is 19.1. The van der Waals surface area contributed by atoms with E-state index in [0.717, 1.165) is 5.69 Å². The molecule has 0 saturated heterocycles. The Bertz CT molecular complexity index is 209. The van der Waals surface area contributed by atoms with E-state index < -0.39 is 0 Å². The molecule has 0 aliphatic rings. The van der Waals surface area contributed by atoms with Gasteiger partial charge in [0.2, 0.25) is 0 Å². The lowest BCUT2D eigenvalue weighted by atomic mass is 10.4. The Kier molecular flexibility index (Phi) is 3.04. The van der Waals surface area contributed by atoms with E-state index in [0.29, 0.717) is 19.5 Å². The summed E-state index contributed by atoms with van der Waals surface area (Å²) < 4.78 is 13.6. The molecule has 1 heterocycles. The molecule has 62 valence electrons. The Morgan fingerprint density at radius 3 is 3.09 bits per heavy atom. The molecule has 1 aromatic heterocycles. The fourth-order valence-electron chi connectivity index (χ4n) is 0.950. The third-order valence-corrected chi connectivity index (χ3v) is 1.54. The van der Waals surface area contributed by atoms with Crippen molar-refractivity contribution in [3.8, 4) is 0 Å². The summed E-state index contributed by atoms with van der Waals surface area (Å²) in [6.07, 6.45) is 3.92. The SMILES string of the molecule is NCc1cncn1CCCF. The van der Waals surface area contributed by atoms with Crippen molar-refractivity contribution in [2.75, 3.05) is 6.67 Å². The normalized spacial score (nSPS) is 10.4. The van der Waals surface area contributed by atoms with E-state index in [9.17, 15) is 4.39 Å². The number of nitrogens with zero attached hydrogens (tertiary/aromatic N) is 2. The van der Waals surface area contributed by atoms with Gasteiger partial charge in [-0.15, -0.1) is 0 Å². The molecule has 3 nitrogen and oxygen atoms in total. The molecular weight excluding hydrogens is 145 g/mol. The van der Waals surface area contributed by atoms with Gasteiger partial charge in [-0.3, -0.25) is 4.39 Å². The Labute approximate surface area is 65.0 Å². The van der Waals surface area contributed by atoms with E-state index in [2.05, 4.69) is 4.98 Å². The van der Waals surface area contributed by atoms with Gasteiger partial charge >= 0.3 is 0 Å². The van der Waals surface area contributed by atoms with Crippen molar-refractivity contribution in [3.05, 3.63) is 18.2 Å². The zero-order valence-corrected chi connectivity index (χ0v) is 6.33. The van der Waals surface area contributed by atoms with Gasteiger partial charge in [0, 0.05) is 19.3 Å². The van der Waals surface area contributed by atoms with Crippen molar-refractivity contribution < 1.29 is 4.39 Å². The molecule has 2 N–H and O–H groups in total. The first kappa shape index (κ1) is 8.20. The first-order chi connectivity index (χ1) is 5.38. The largest absolute Gasteiger partial charge is 0.333 e. The number of alkyl halides is 1. The van der Waals surface area contributed by atoms with Crippen LogP contribution < -0.4 is 5.73 Å². The summed E-state index contributed by atoms with van der Waals surface area (Å²) in [6, 6.07) is 0. The Morgan fingerprint density at radius 1 is 1.64 bits per heavy atom. The molecule has 0 aliphatic heterocycles. The second-order valence-corrected chi connectivity index (χ2v) is 2.33. The van der Waals surface area contributed by atoms with Crippen molar-refractivity contribution >= 4 is 0 Å². The first-order valence-electron chi connectivity index (χ1n) is 3.63. The van der Waals surface area contributed by atoms with Crippen molar-refractivity contribution in [1.82, 2.24) is 9.55 Å². The summed E-state index contributed by atoms with van der Waals surface area (Å²) in [6.45, 7) is 0.845. The van der Waals surface area contributed by atoms with Gasteiger partial charge in [-0.05, 0) is 6.42 Å². The van der Waals surface area contributed by atoms with Crippen LogP contribution in [0, 0.1) is 0 Å². The third kappa shape index (κ3) is 2.01. The number of imidazole rings is 1. The Balaban J connectivity index is 2.54. The highest BCUT2D eigenvalue weighted by molar-refractivity contribution is 4.96. The van der Waals surface area contributed by atoms with Gasteiger partial charge in [-0.1, -0.05) is 0 Å². The van der Waals surface area contributed by atoms with E-state index in [4.69, 9.17) is 5.73 Å². The minimum absolute atomic E-state index is 0.289. The average molecular weight is 157 g/mol. The molecule has 1 rings (SSSR count). The molecule has 0 bridgehead atoms. The fraction of sp³-hybridized carbons (Fsp3) is 0.571. The van der Waals surface area contributed by atoms with Crippen LogP contribution in [-0.4, -0.2) is 16.2 Å². The molecule has 0 fully saturated rings. The van der Waals surface area contributed by atoms with E-state index in [-0.39, 0.29) is 6.67 Å². The van der Waals surface area contributed by atoms with Crippen molar-refractivity contribution in [2.45, 2.75) is 19.5 Å². The van der Waals surface area contributed by atoms with Crippen LogP contribution in [0.1, 0.15) is 12.1 Å². The Morgan fingerprint density at radius 2 is 2.45 bits per heavy atom. The van der Waals surface area contributed by atoms with Crippen molar-refractivity contribution in [3.63, 3.8) is 0 Å². The van der Waals surface area contributed by atoms with E-state index >= 15 is 0 Å². The van der Waals surface area contributed by atoms with Crippen molar-refractivity contribution in [2.24, 2.45) is 5.73 Å². The number of halogens is 1. The van der Waals surface area contributed by atoms with Crippen LogP contribution in [-0.2, 0) is 13.1 Å². The minimum Gasteiger partial charge on any atom is -0.333 e. The average Bonchev–Trinajstić information content (AvgIpc) is 2.47. The van der Waals surface area contributed by atoms with E-state index in [1.807, 2.05) is 4.57 Å². The predicted octanol–water partition coefficient (Wildman–Crippen LogP) is 0.701. The lowest BCUT2D eigenvalue weighted by molar-refractivity contribution is 0.443. The zero-order valence-electron chi connectivity index (χ0n) is 6.33. The maximum atomic E-state index is 11.8. The second kappa shape index (κ2) is 4.08. The molecule has 0 radical (unpaired) electrons. The summed E-state index contributed by atoms with van der Waals surface area (Å²) in [7, 11) is 0. The lowest BCUT2D eigenvalue weighted by Gasteiger charge is -2.02. The summed E-state index contributed by atoms with van der Waals surface area (Å²) in [5.41, 5.74) is 6.37. The zero-order chi connectivity index (χ0) is 8.10. The van der Waals surface area contributed by atoms with Crippen LogP contribution >= 0.6 is 0 Å². The maximum Gasteiger partial charge on any atom is 0.0948 e. The second-order valence-electron chi connectivity index (χ2n) is 2.33. The molecule has 0 atom stereocenters. The Hall–Kier alpha value is -0.900. The molecule has 4 heteroatoms. The van der Waals surface area contributed by atoms with Gasteiger partial charge in [0.1, 0.15) is 0 Å². The van der Waals surface area contributed by atoms with Gasteiger partial charge in [0.15, 0.2) is 0 Å². The summed E-state index contributed by atoms with van der Waals surface area (Å²) in [5.74, 6) is 0. The standard InChI is InChI=1S/C7H12FN3/c8-2-1-3-11-6-10-5-7(11)4-9/h5-6H,1-4,9H2. The number of rotatable bonds is 4. The molecule has 0 aromatic carbocycles. The van der Waals surface area contributed by atoms with Crippen LogP contribution in [0.3, 0.4) is 0 Å². The quantitative estimate of drug-likeness (QED) is 0.699. The molecule has 0 aliphatic carbocycles. The third-order valence-electron chi connectivity index (χ3n) is 1.54. The molecule has 11 heavy (non-hydrogen) atoms. The van der Waals surface area contributed by atoms with Gasteiger partial charge in [0.05, 0.1) is 18.7 Å². The van der Waals surface area contributed by atoms with E-state index in [1.54, 1.807) is 12.5 Å². The topological polar surface area (TPSA) is 43.8 Å². The number of hydrogen-bond acceptors (Lipinski definition) is 2. The highest BCUT2D eigenvalue weighted by Gasteiger charge is 1.97.